The lowest BCUT2D eigenvalue weighted by molar-refractivity contribution is -0.128. The van der Waals surface area contributed by atoms with Gasteiger partial charge in [0.1, 0.15) is 11.6 Å². The van der Waals surface area contributed by atoms with Gasteiger partial charge >= 0.3 is 0 Å². The van der Waals surface area contributed by atoms with E-state index < -0.39 is 0 Å². The largest absolute Gasteiger partial charge is 0.373 e. The molecule has 8 nitrogen and oxygen atoms in total. The fourth-order valence-electron chi connectivity index (χ4n) is 3.56. The van der Waals surface area contributed by atoms with E-state index in [1.54, 1.807) is 29.6 Å². The quantitative estimate of drug-likeness (QED) is 0.567. The third-order valence-corrected chi connectivity index (χ3v) is 5.37. The zero-order valence-electron chi connectivity index (χ0n) is 16.1. The van der Waals surface area contributed by atoms with Gasteiger partial charge in [-0.1, -0.05) is 0 Å². The van der Waals surface area contributed by atoms with Crippen LogP contribution in [0.25, 0.3) is 0 Å². The molecular weight excluding hydrogens is 342 g/mol. The number of hydrogen-bond donors (Lipinski definition) is 0. The predicted octanol–water partition coefficient (Wildman–Crippen LogP) is 0.559. The minimum Gasteiger partial charge on any atom is -0.373 e. The Morgan fingerprint density at radius 3 is 2.41 bits per heavy atom. The summed E-state index contributed by atoms with van der Waals surface area (Å²) in [7, 11) is 3.91. The number of nitriles is 1. The number of aromatic nitrogens is 2. The average Bonchev–Trinajstić information content (AvgIpc) is 2.72. The second-order valence-electron chi connectivity index (χ2n) is 7.18. The van der Waals surface area contributed by atoms with E-state index in [1.165, 1.54) is 0 Å². The highest BCUT2D eigenvalue weighted by Gasteiger charge is 2.27. The fraction of sp³-hybridized carbons (Fsp3) is 0.579. The van der Waals surface area contributed by atoms with E-state index in [9.17, 15) is 10.1 Å². The summed E-state index contributed by atoms with van der Waals surface area (Å²) >= 11 is 0. The van der Waals surface area contributed by atoms with E-state index in [4.69, 9.17) is 0 Å². The molecule has 1 aromatic rings. The van der Waals surface area contributed by atoms with Crippen molar-refractivity contribution in [1.82, 2.24) is 24.7 Å². The molecule has 27 heavy (non-hydrogen) atoms. The summed E-state index contributed by atoms with van der Waals surface area (Å²) in [6.45, 7) is 4.95. The number of likely N-dealkylation sites (tertiary alicyclic amines) is 1. The number of carbonyl (C=O) groups excluding carboxylic acids is 1. The van der Waals surface area contributed by atoms with Gasteiger partial charge in [-0.25, -0.2) is 9.97 Å². The summed E-state index contributed by atoms with van der Waals surface area (Å²) in [4.78, 5) is 29.5. The molecule has 0 bridgehead atoms. The molecule has 0 radical (unpaired) electrons. The fourth-order valence-corrected chi connectivity index (χ4v) is 3.56. The first-order chi connectivity index (χ1) is 13.1. The Hall–Kier alpha value is -2.66. The molecule has 0 aromatic carbocycles. The number of nitrogens with zero attached hydrogens (tertiary/aromatic N) is 7. The van der Waals surface area contributed by atoms with E-state index in [1.807, 2.05) is 11.9 Å². The van der Waals surface area contributed by atoms with Gasteiger partial charge in [0.15, 0.2) is 0 Å². The summed E-state index contributed by atoms with van der Waals surface area (Å²) in [5.74, 6) is 0.542. The summed E-state index contributed by atoms with van der Waals surface area (Å²) in [5, 5.41) is 9.52. The number of piperazine rings is 1. The van der Waals surface area contributed by atoms with Gasteiger partial charge in [0.2, 0.25) is 5.95 Å². The van der Waals surface area contributed by atoms with Crippen molar-refractivity contribution in [3.63, 3.8) is 0 Å². The molecule has 2 aliphatic heterocycles. The van der Waals surface area contributed by atoms with Gasteiger partial charge < -0.3 is 19.6 Å². The van der Waals surface area contributed by atoms with Crippen LogP contribution in [0.5, 0.6) is 0 Å². The van der Waals surface area contributed by atoms with Crippen LogP contribution in [0.2, 0.25) is 0 Å². The molecule has 0 saturated carbocycles. The maximum atomic E-state index is 12.8. The molecule has 0 aliphatic carbocycles. The van der Waals surface area contributed by atoms with Crippen LogP contribution in [-0.2, 0) is 4.79 Å². The standard InChI is InChI=1S/C19H27N7O/c1-23-8-4-17(5-9-23)24(2)18(27)16(14-20)15-25-10-12-26(13-11-25)19-21-6-3-7-22-19/h3,6-7,15,17H,4-5,8-13H2,1-2H3/b16-15-. The highest BCUT2D eigenvalue weighted by molar-refractivity contribution is 5.97. The lowest BCUT2D eigenvalue weighted by Crippen LogP contribution is -2.46. The van der Waals surface area contributed by atoms with Gasteiger partial charge in [-0.05, 0) is 39.0 Å². The first-order valence-corrected chi connectivity index (χ1v) is 9.42. The molecule has 2 saturated heterocycles. The summed E-state index contributed by atoms with van der Waals surface area (Å²) < 4.78 is 0. The van der Waals surface area contributed by atoms with Gasteiger partial charge in [0.25, 0.3) is 5.91 Å². The highest BCUT2D eigenvalue weighted by atomic mass is 16.2. The molecule has 1 aromatic heterocycles. The summed E-state index contributed by atoms with van der Waals surface area (Å²) in [6, 6.07) is 4.11. The molecule has 2 aliphatic rings. The Labute approximate surface area is 160 Å². The minimum atomic E-state index is -0.180. The van der Waals surface area contributed by atoms with Crippen molar-refractivity contribution in [3.8, 4) is 6.07 Å². The number of amides is 1. The van der Waals surface area contributed by atoms with Gasteiger partial charge in [-0.15, -0.1) is 0 Å². The van der Waals surface area contributed by atoms with Crippen molar-refractivity contribution in [1.29, 1.82) is 5.26 Å². The molecule has 8 heteroatoms. The average molecular weight is 369 g/mol. The first kappa shape index (κ1) is 19.1. The molecule has 3 rings (SSSR count). The lowest BCUT2D eigenvalue weighted by Gasteiger charge is -2.36. The van der Waals surface area contributed by atoms with Crippen LogP contribution in [0, 0.1) is 11.3 Å². The van der Waals surface area contributed by atoms with Crippen LogP contribution >= 0.6 is 0 Å². The Balaban J connectivity index is 1.58. The van der Waals surface area contributed by atoms with Gasteiger partial charge in [0, 0.05) is 57.9 Å². The molecule has 3 heterocycles. The van der Waals surface area contributed by atoms with Crippen LogP contribution in [0.4, 0.5) is 5.95 Å². The van der Waals surface area contributed by atoms with Crippen molar-refractivity contribution in [2.24, 2.45) is 0 Å². The van der Waals surface area contributed by atoms with E-state index in [0.717, 1.165) is 58.1 Å². The van der Waals surface area contributed by atoms with Crippen LogP contribution in [-0.4, -0.2) is 90.0 Å². The Bertz CT molecular complexity index is 699. The monoisotopic (exact) mass is 369 g/mol. The molecule has 2 fully saturated rings. The van der Waals surface area contributed by atoms with E-state index >= 15 is 0 Å². The highest BCUT2D eigenvalue weighted by Crippen LogP contribution is 2.17. The molecule has 0 atom stereocenters. The SMILES string of the molecule is CN1CCC(N(C)C(=O)/C(C#N)=C\N2CCN(c3ncccn3)CC2)CC1. The molecule has 0 spiro atoms. The number of hydrogen-bond acceptors (Lipinski definition) is 7. The van der Waals surface area contributed by atoms with Crippen LogP contribution < -0.4 is 4.90 Å². The molecule has 0 N–H and O–H groups in total. The van der Waals surface area contributed by atoms with Gasteiger partial charge in [-0.2, -0.15) is 5.26 Å². The van der Waals surface area contributed by atoms with Crippen molar-refractivity contribution in [3.05, 3.63) is 30.2 Å². The predicted molar refractivity (Wildman–Crippen MR) is 103 cm³/mol. The van der Waals surface area contributed by atoms with Crippen LogP contribution in [0.1, 0.15) is 12.8 Å². The summed E-state index contributed by atoms with van der Waals surface area (Å²) in [6.07, 6.45) is 7.09. The van der Waals surface area contributed by atoms with Gasteiger partial charge in [-0.3, -0.25) is 4.79 Å². The van der Waals surface area contributed by atoms with E-state index in [2.05, 4.69) is 32.9 Å². The van der Waals surface area contributed by atoms with Crippen LogP contribution in [0.3, 0.4) is 0 Å². The van der Waals surface area contributed by atoms with Crippen molar-refractivity contribution in [2.45, 2.75) is 18.9 Å². The lowest BCUT2D eigenvalue weighted by atomic mass is 10.0. The maximum Gasteiger partial charge on any atom is 0.265 e. The summed E-state index contributed by atoms with van der Waals surface area (Å²) in [5.41, 5.74) is 0.209. The number of rotatable bonds is 4. The van der Waals surface area contributed by atoms with E-state index in [-0.39, 0.29) is 17.5 Å². The Kier molecular flexibility index (Phi) is 6.24. The Morgan fingerprint density at radius 2 is 1.81 bits per heavy atom. The molecule has 1 amide bonds. The molecule has 0 unspecified atom stereocenters. The third-order valence-electron chi connectivity index (χ3n) is 5.37. The number of piperidine rings is 1. The maximum absolute atomic E-state index is 12.8. The smallest absolute Gasteiger partial charge is 0.265 e. The topological polar surface area (TPSA) is 79.6 Å². The van der Waals surface area contributed by atoms with Crippen molar-refractivity contribution < 1.29 is 4.79 Å². The first-order valence-electron chi connectivity index (χ1n) is 9.42. The minimum absolute atomic E-state index is 0.180. The zero-order chi connectivity index (χ0) is 19.2. The van der Waals surface area contributed by atoms with E-state index in [0.29, 0.717) is 0 Å². The Morgan fingerprint density at radius 1 is 1.19 bits per heavy atom. The van der Waals surface area contributed by atoms with Gasteiger partial charge in [0.05, 0.1) is 0 Å². The number of anilines is 1. The molecular formula is C19H27N7O. The third kappa shape index (κ3) is 4.74. The number of carbonyl (C=O) groups is 1. The van der Waals surface area contributed by atoms with Crippen molar-refractivity contribution >= 4 is 11.9 Å². The second kappa shape index (κ2) is 8.82. The van der Waals surface area contributed by atoms with Crippen LogP contribution in [0.15, 0.2) is 30.2 Å². The molecule has 144 valence electrons. The second-order valence-corrected chi connectivity index (χ2v) is 7.18. The zero-order valence-corrected chi connectivity index (χ0v) is 16.1. The van der Waals surface area contributed by atoms with Crippen molar-refractivity contribution in [2.75, 3.05) is 58.3 Å². The normalized spacial score (nSPS) is 19.7. The number of likely N-dealkylation sites (N-methyl/N-ethyl adjacent to an activating group) is 1.